The zero-order valence-electron chi connectivity index (χ0n) is 15.5. The fourth-order valence-electron chi connectivity index (χ4n) is 1.89. The molecule has 0 saturated carbocycles. The molecule has 0 aliphatic heterocycles. The molecular formula is C18H28N2O5S. The molecule has 0 aromatic heterocycles. The van der Waals surface area contributed by atoms with Crippen LogP contribution in [0.4, 0.5) is 0 Å². The Labute approximate surface area is 158 Å². The molecule has 0 unspecified atom stereocenters. The highest BCUT2D eigenvalue weighted by atomic mass is 32.2. The molecule has 0 aliphatic rings. The smallest absolute Gasteiger partial charge is 0.414 e. The second-order valence-electron chi connectivity index (χ2n) is 5.47. The van der Waals surface area contributed by atoms with Crippen molar-refractivity contribution >= 4 is 29.6 Å². The van der Waals surface area contributed by atoms with Gasteiger partial charge < -0.3 is 20.4 Å². The Kier molecular flexibility index (Phi) is 13.0. The van der Waals surface area contributed by atoms with Crippen molar-refractivity contribution in [3.8, 4) is 0 Å². The Morgan fingerprint density at radius 2 is 1.58 bits per heavy atom. The summed E-state index contributed by atoms with van der Waals surface area (Å²) < 4.78 is 0. The molecule has 26 heavy (non-hydrogen) atoms. The first-order valence-electron chi connectivity index (χ1n) is 8.38. The average molecular weight is 384 g/mol. The lowest BCUT2D eigenvalue weighted by atomic mass is 10.2. The minimum Gasteiger partial charge on any atom is -0.473 e. The predicted octanol–water partition coefficient (Wildman–Crippen LogP) is 1.84. The second-order valence-corrected chi connectivity index (χ2v) is 6.45. The number of thioether (sulfide) groups is 1. The van der Waals surface area contributed by atoms with Gasteiger partial charge in [-0.05, 0) is 25.6 Å². The quantitative estimate of drug-likeness (QED) is 0.558. The molecule has 0 bridgehead atoms. The number of likely N-dealkylation sites (N-methyl/N-ethyl adjacent to an activating group) is 1. The first-order chi connectivity index (χ1) is 12.3. The number of benzene rings is 1. The number of carboxylic acids is 2. The lowest BCUT2D eigenvalue weighted by Crippen LogP contribution is -2.35. The van der Waals surface area contributed by atoms with Crippen LogP contribution in [0, 0.1) is 6.92 Å². The molecule has 3 N–H and O–H groups in total. The Bertz CT molecular complexity index is 547. The summed E-state index contributed by atoms with van der Waals surface area (Å²) in [7, 11) is 0. The van der Waals surface area contributed by atoms with Gasteiger partial charge in [0.25, 0.3) is 0 Å². The van der Waals surface area contributed by atoms with Crippen molar-refractivity contribution < 1.29 is 24.6 Å². The van der Waals surface area contributed by atoms with Crippen LogP contribution < -0.4 is 5.32 Å². The Hall–Kier alpha value is -2.06. The molecule has 0 fully saturated rings. The topological polar surface area (TPSA) is 107 Å². The van der Waals surface area contributed by atoms with Crippen LogP contribution in [0.5, 0.6) is 0 Å². The third-order valence-corrected chi connectivity index (χ3v) is 4.45. The molecule has 8 heteroatoms. The SMILES string of the molecule is CCN(CC)CCNC(=O)CSCc1ccc(C)cc1.O=C(O)C(=O)O. The number of carboxylic acid groups (broad SMARTS) is 2. The predicted molar refractivity (Wildman–Crippen MR) is 103 cm³/mol. The van der Waals surface area contributed by atoms with Gasteiger partial charge in [0.1, 0.15) is 0 Å². The van der Waals surface area contributed by atoms with Gasteiger partial charge in [-0.15, -0.1) is 11.8 Å². The zero-order valence-corrected chi connectivity index (χ0v) is 16.3. The van der Waals surface area contributed by atoms with Crippen LogP contribution in [-0.2, 0) is 20.1 Å². The van der Waals surface area contributed by atoms with Crippen LogP contribution in [0.25, 0.3) is 0 Å². The van der Waals surface area contributed by atoms with E-state index in [9.17, 15) is 4.79 Å². The van der Waals surface area contributed by atoms with Crippen LogP contribution in [-0.4, -0.2) is 64.9 Å². The van der Waals surface area contributed by atoms with E-state index in [2.05, 4.69) is 55.3 Å². The molecule has 146 valence electrons. The number of carbonyl (C=O) groups is 3. The van der Waals surface area contributed by atoms with E-state index in [1.807, 2.05) is 0 Å². The van der Waals surface area contributed by atoms with Crippen molar-refractivity contribution in [2.75, 3.05) is 31.9 Å². The molecule has 0 heterocycles. The molecular weight excluding hydrogens is 356 g/mol. The molecule has 1 aromatic rings. The molecule has 0 aliphatic carbocycles. The molecule has 0 saturated heterocycles. The first-order valence-corrected chi connectivity index (χ1v) is 9.54. The maximum Gasteiger partial charge on any atom is 0.414 e. The number of aliphatic carboxylic acids is 2. The molecule has 0 atom stereocenters. The molecule has 1 rings (SSSR count). The van der Waals surface area contributed by atoms with Gasteiger partial charge in [-0.3, -0.25) is 4.79 Å². The van der Waals surface area contributed by atoms with Gasteiger partial charge in [0.15, 0.2) is 0 Å². The van der Waals surface area contributed by atoms with Gasteiger partial charge in [0, 0.05) is 18.8 Å². The van der Waals surface area contributed by atoms with E-state index in [0.717, 1.165) is 31.9 Å². The van der Waals surface area contributed by atoms with Crippen LogP contribution in [0.15, 0.2) is 24.3 Å². The number of amides is 1. The van der Waals surface area contributed by atoms with Crippen molar-refractivity contribution in [3.05, 3.63) is 35.4 Å². The Morgan fingerprint density at radius 1 is 1.04 bits per heavy atom. The van der Waals surface area contributed by atoms with Gasteiger partial charge in [-0.1, -0.05) is 43.7 Å². The second kappa shape index (κ2) is 14.1. The van der Waals surface area contributed by atoms with E-state index < -0.39 is 11.9 Å². The van der Waals surface area contributed by atoms with Crippen LogP contribution in [0.1, 0.15) is 25.0 Å². The van der Waals surface area contributed by atoms with E-state index in [0.29, 0.717) is 5.75 Å². The largest absolute Gasteiger partial charge is 0.473 e. The number of hydrogen-bond acceptors (Lipinski definition) is 5. The van der Waals surface area contributed by atoms with Gasteiger partial charge in [-0.2, -0.15) is 0 Å². The van der Waals surface area contributed by atoms with Crippen LogP contribution >= 0.6 is 11.8 Å². The number of nitrogens with zero attached hydrogens (tertiary/aromatic N) is 1. The van der Waals surface area contributed by atoms with Gasteiger partial charge in [-0.25, -0.2) is 9.59 Å². The maximum atomic E-state index is 11.7. The van der Waals surface area contributed by atoms with Gasteiger partial charge in [0.2, 0.25) is 5.91 Å². The Morgan fingerprint density at radius 3 is 2.04 bits per heavy atom. The van der Waals surface area contributed by atoms with Crippen molar-refractivity contribution in [1.82, 2.24) is 10.2 Å². The Balaban J connectivity index is 0.000000896. The summed E-state index contributed by atoms with van der Waals surface area (Å²) in [4.78, 5) is 32.2. The summed E-state index contributed by atoms with van der Waals surface area (Å²) in [5.41, 5.74) is 2.55. The highest BCUT2D eigenvalue weighted by Gasteiger charge is 2.04. The highest BCUT2D eigenvalue weighted by molar-refractivity contribution is 7.99. The standard InChI is InChI=1S/C16H26N2OS.C2H2O4/c1-4-18(5-2)11-10-17-16(19)13-20-12-15-8-6-14(3)7-9-15;3-1(4)2(5)6/h6-9H,4-5,10-13H2,1-3H3,(H,17,19);(H,3,4)(H,5,6). The third-order valence-electron chi connectivity index (χ3n) is 3.45. The monoisotopic (exact) mass is 384 g/mol. The maximum absolute atomic E-state index is 11.7. The van der Waals surface area contributed by atoms with Gasteiger partial charge in [0.05, 0.1) is 5.75 Å². The zero-order chi connectivity index (χ0) is 19.9. The van der Waals surface area contributed by atoms with E-state index in [-0.39, 0.29) is 5.91 Å². The van der Waals surface area contributed by atoms with E-state index >= 15 is 0 Å². The normalized spacial score (nSPS) is 10.0. The summed E-state index contributed by atoms with van der Waals surface area (Å²) in [5, 5.41) is 17.8. The number of carbonyl (C=O) groups excluding carboxylic acids is 1. The average Bonchev–Trinajstić information content (AvgIpc) is 2.61. The van der Waals surface area contributed by atoms with E-state index in [4.69, 9.17) is 19.8 Å². The lowest BCUT2D eigenvalue weighted by molar-refractivity contribution is -0.159. The number of hydrogen-bond donors (Lipinski definition) is 3. The summed E-state index contributed by atoms with van der Waals surface area (Å²) >= 11 is 1.67. The number of aryl methyl sites for hydroxylation is 1. The molecule has 1 amide bonds. The van der Waals surface area contributed by atoms with Crippen LogP contribution in [0.3, 0.4) is 0 Å². The number of nitrogens with one attached hydrogen (secondary N) is 1. The fraction of sp³-hybridized carbons (Fsp3) is 0.500. The van der Waals surface area contributed by atoms with Crippen molar-refractivity contribution in [3.63, 3.8) is 0 Å². The summed E-state index contributed by atoms with van der Waals surface area (Å²) in [5.74, 6) is -2.09. The number of rotatable bonds is 9. The van der Waals surface area contributed by atoms with Crippen molar-refractivity contribution in [1.29, 1.82) is 0 Å². The fourth-order valence-corrected chi connectivity index (χ4v) is 2.71. The van der Waals surface area contributed by atoms with E-state index in [1.54, 1.807) is 11.8 Å². The third kappa shape index (κ3) is 12.3. The molecule has 7 nitrogen and oxygen atoms in total. The summed E-state index contributed by atoms with van der Waals surface area (Å²) in [6, 6.07) is 8.47. The first kappa shape index (κ1) is 23.9. The highest BCUT2D eigenvalue weighted by Crippen LogP contribution is 2.12. The van der Waals surface area contributed by atoms with E-state index in [1.165, 1.54) is 11.1 Å². The minimum atomic E-state index is -1.82. The van der Waals surface area contributed by atoms with Crippen molar-refractivity contribution in [2.45, 2.75) is 26.5 Å². The molecule has 0 radical (unpaired) electrons. The summed E-state index contributed by atoms with van der Waals surface area (Å²) in [6.45, 7) is 10.1. The minimum absolute atomic E-state index is 0.134. The van der Waals surface area contributed by atoms with Crippen LogP contribution in [0.2, 0.25) is 0 Å². The van der Waals surface area contributed by atoms with Gasteiger partial charge >= 0.3 is 11.9 Å². The summed E-state index contributed by atoms with van der Waals surface area (Å²) in [6.07, 6.45) is 0. The molecule has 0 spiro atoms. The lowest BCUT2D eigenvalue weighted by Gasteiger charge is -2.17. The van der Waals surface area contributed by atoms with Crippen molar-refractivity contribution in [2.24, 2.45) is 0 Å². The molecule has 1 aromatic carbocycles.